The first-order valence-corrected chi connectivity index (χ1v) is 8.11. The maximum Gasteiger partial charge on any atom is 0.228 e. The first-order chi connectivity index (χ1) is 9.95. The van der Waals surface area contributed by atoms with Crippen LogP contribution in [0.2, 0.25) is 0 Å². The van der Waals surface area contributed by atoms with Gasteiger partial charge in [-0.05, 0) is 18.8 Å². The lowest BCUT2D eigenvalue weighted by Gasteiger charge is -2.10. The van der Waals surface area contributed by atoms with E-state index in [0.29, 0.717) is 23.3 Å². The number of nitrogens with two attached hydrogens (primary N) is 1. The van der Waals surface area contributed by atoms with Crippen LogP contribution in [0.1, 0.15) is 32.4 Å². The molecule has 0 aliphatic heterocycles. The lowest BCUT2D eigenvalue weighted by molar-refractivity contribution is -0.120. The fourth-order valence-corrected chi connectivity index (χ4v) is 2.56. The van der Waals surface area contributed by atoms with Crippen molar-refractivity contribution in [1.82, 2.24) is 10.3 Å². The molecule has 0 saturated heterocycles. The third-order valence-electron chi connectivity index (χ3n) is 3.41. The van der Waals surface area contributed by atoms with Crippen LogP contribution in [-0.2, 0) is 16.0 Å². The van der Waals surface area contributed by atoms with Gasteiger partial charge < -0.3 is 16.4 Å². The molecule has 0 spiro atoms. The van der Waals surface area contributed by atoms with E-state index in [2.05, 4.69) is 15.6 Å². The zero-order valence-electron chi connectivity index (χ0n) is 12.4. The smallest absolute Gasteiger partial charge is 0.228 e. The van der Waals surface area contributed by atoms with Gasteiger partial charge in [-0.25, -0.2) is 4.98 Å². The maximum absolute atomic E-state index is 11.8. The predicted molar refractivity (Wildman–Crippen MR) is 83.0 cm³/mol. The molecule has 2 amide bonds. The molecule has 1 heterocycles. The minimum Gasteiger partial charge on any atom is -0.354 e. The van der Waals surface area contributed by atoms with Crippen LogP contribution in [0.3, 0.4) is 0 Å². The second kappa shape index (κ2) is 7.00. The number of carbonyl (C=O) groups excluding carboxylic acids is 2. The summed E-state index contributed by atoms with van der Waals surface area (Å²) in [5.74, 6) is 0.320. The molecule has 7 heteroatoms. The molecule has 1 unspecified atom stereocenters. The van der Waals surface area contributed by atoms with E-state index in [-0.39, 0.29) is 30.2 Å². The van der Waals surface area contributed by atoms with Crippen molar-refractivity contribution in [2.45, 2.75) is 39.2 Å². The number of nitrogens with one attached hydrogen (secondary N) is 2. The Morgan fingerprint density at radius 2 is 2.19 bits per heavy atom. The maximum atomic E-state index is 11.8. The summed E-state index contributed by atoms with van der Waals surface area (Å²) in [6.45, 7) is 4.16. The molecule has 6 nitrogen and oxygen atoms in total. The highest BCUT2D eigenvalue weighted by molar-refractivity contribution is 7.13. The lowest BCUT2D eigenvalue weighted by Crippen LogP contribution is -2.39. The Kier molecular flexibility index (Phi) is 5.30. The number of anilines is 1. The molecule has 1 saturated carbocycles. The van der Waals surface area contributed by atoms with Gasteiger partial charge in [0.1, 0.15) is 0 Å². The van der Waals surface area contributed by atoms with Crippen molar-refractivity contribution in [3.63, 3.8) is 0 Å². The van der Waals surface area contributed by atoms with Gasteiger partial charge in [0.15, 0.2) is 5.13 Å². The van der Waals surface area contributed by atoms with Crippen molar-refractivity contribution in [2.75, 3.05) is 11.9 Å². The van der Waals surface area contributed by atoms with Gasteiger partial charge in [0.2, 0.25) is 11.8 Å². The van der Waals surface area contributed by atoms with Crippen LogP contribution in [0.4, 0.5) is 5.13 Å². The van der Waals surface area contributed by atoms with E-state index in [1.165, 1.54) is 24.2 Å². The Morgan fingerprint density at radius 1 is 1.48 bits per heavy atom. The monoisotopic (exact) mass is 310 g/mol. The summed E-state index contributed by atoms with van der Waals surface area (Å²) in [6.07, 6.45) is 2.55. The van der Waals surface area contributed by atoms with Crippen LogP contribution in [-0.4, -0.2) is 29.4 Å². The van der Waals surface area contributed by atoms with Gasteiger partial charge in [0.25, 0.3) is 0 Å². The van der Waals surface area contributed by atoms with Crippen molar-refractivity contribution in [3.05, 3.63) is 11.1 Å². The average Bonchev–Trinajstić information content (AvgIpc) is 3.19. The highest BCUT2D eigenvalue weighted by atomic mass is 32.1. The Morgan fingerprint density at radius 3 is 2.81 bits per heavy atom. The van der Waals surface area contributed by atoms with Gasteiger partial charge in [-0.3, -0.25) is 9.59 Å². The second-order valence-corrected chi connectivity index (χ2v) is 6.63. The summed E-state index contributed by atoms with van der Waals surface area (Å²) in [7, 11) is 0. The summed E-state index contributed by atoms with van der Waals surface area (Å²) in [5.41, 5.74) is 6.60. The Labute approximate surface area is 128 Å². The number of aromatic nitrogens is 1. The van der Waals surface area contributed by atoms with E-state index >= 15 is 0 Å². The summed E-state index contributed by atoms with van der Waals surface area (Å²) in [5, 5.41) is 7.88. The first kappa shape index (κ1) is 15.9. The summed E-state index contributed by atoms with van der Waals surface area (Å²) in [6, 6.07) is 0.0604. The number of carbonyl (C=O) groups is 2. The Bertz CT molecular complexity index is 511. The van der Waals surface area contributed by atoms with Crippen molar-refractivity contribution in [3.8, 4) is 0 Å². The highest BCUT2D eigenvalue weighted by Crippen LogP contribution is 2.31. The number of amides is 2. The number of hydrogen-bond acceptors (Lipinski definition) is 5. The number of nitrogens with zero attached hydrogens (tertiary/aromatic N) is 1. The van der Waals surface area contributed by atoms with Crippen LogP contribution in [0.5, 0.6) is 0 Å². The van der Waals surface area contributed by atoms with Gasteiger partial charge in [-0.1, -0.05) is 13.8 Å². The standard InChI is InChI=1S/C14H22N4O2S/c1-8(2)13(20)18-14-17-10(7-21-14)5-12(19)16-6-11(15)9-3-4-9/h7-9,11H,3-6,15H2,1-2H3,(H,16,19)(H,17,18,20). The molecule has 116 valence electrons. The van der Waals surface area contributed by atoms with E-state index in [0.717, 1.165) is 0 Å². The number of thiazole rings is 1. The van der Waals surface area contributed by atoms with Crippen molar-refractivity contribution >= 4 is 28.3 Å². The van der Waals surface area contributed by atoms with Gasteiger partial charge >= 0.3 is 0 Å². The number of hydrogen-bond donors (Lipinski definition) is 3. The first-order valence-electron chi connectivity index (χ1n) is 7.23. The molecule has 1 aromatic heterocycles. The molecule has 1 aliphatic rings. The topological polar surface area (TPSA) is 97.1 Å². The van der Waals surface area contributed by atoms with E-state index in [1.807, 2.05) is 13.8 Å². The van der Waals surface area contributed by atoms with Crippen LogP contribution in [0.15, 0.2) is 5.38 Å². The molecule has 1 fully saturated rings. The van der Waals surface area contributed by atoms with Gasteiger partial charge in [0, 0.05) is 23.9 Å². The van der Waals surface area contributed by atoms with E-state index < -0.39 is 0 Å². The number of rotatable bonds is 7. The lowest BCUT2D eigenvalue weighted by atomic mass is 10.2. The van der Waals surface area contributed by atoms with Crippen LogP contribution in [0.25, 0.3) is 0 Å². The largest absolute Gasteiger partial charge is 0.354 e. The van der Waals surface area contributed by atoms with E-state index in [9.17, 15) is 9.59 Å². The summed E-state index contributed by atoms with van der Waals surface area (Å²) >= 11 is 1.33. The molecule has 0 aromatic carbocycles. The third kappa shape index (κ3) is 5.09. The molecule has 1 aromatic rings. The fraction of sp³-hybridized carbons (Fsp3) is 0.643. The molecule has 0 bridgehead atoms. The van der Waals surface area contributed by atoms with Crippen LogP contribution >= 0.6 is 11.3 Å². The third-order valence-corrected chi connectivity index (χ3v) is 4.22. The fourth-order valence-electron chi connectivity index (χ4n) is 1.85. The van der Waals surface area contributed by atoms with Gasteiger partial charge in [-0.15, -0.1) is 11.3 Å². The molecule has 1 aliphatic carbocycles. The zero-order valence-corrected chi connectivity index (χ0v) is 13.2. The van der Waals surface area contributed by atoms with Gasteiger partial charge in [0.05, 0.1) is 12.1 Å². The SMILES string of the molecule is CC(C)C(=O)Nc1nc(CC(=O)NCC(N)C2CC2)cs1. The Hall–Kier alpha value is -1.47. The van der Waals surface area contributed by atoms with Crippen molar-refractivity contribution in [1.29, 1.82) is 0 Å². The molecular weight excluding hydrogens is 288 g/mol. The van der Waals surface area contributed by atoms with Crippen LogP contribution < -0.4 is 16.4 Å². The minimum absolute atomic E-state index is 0.0604. The predicted octanol–water partition coefficient (Wildman–Crippen LogP) is 1.13. The van der Waals surface area contributed by atoms with Crippen molar-refractivity contribution in [2.24, 2.45) is 17.6 Å². The molecule has 0 radical (unpaired) electrons. The quantitative estimate of drug-likeness (QED) is 0.703. The van der Waals surface area contributed by atoms with E-state index in [4.69, 9.17) is 5.73 Å². The van der Waals surface area contributed by atoms with E-state index in [1.54, 1.807) is 5.38 Å². The zero-order chi connectivity index (χ0) is 15.4. The molecular formula is C14H22N4O2S. The molecule has 2 rings (SSSR count). The normalized spacial score (nSPS) is 15.8. The second-order valence-electron chi connectivity index (χ2n) is 5.77. The summed E-state index contributed by atoms with van der Waals surface area (Å²) < 4.78 is 0. The summed E-state index contributed by atoms with van der Waals surface area (Å²) in [4.78, 5) is 27.6. The molecule has 1 atom stereocenters. The minimum atomic E-state index is -0.0930. The highest BCUT2D eigenvalue weighted by Gasteiger charge is 2.28. The average molecular weight is 310 g/mol. The molecule has 4 N–H and O–H groups in total. The van der Waals surface area contributed by atoms with Gasteiger partial charge in [-0.2, -0.15) is 0 Å². The molecule has 21 heavy (non-hydrogen) atoms. The Balaban J connectivity index is 1.75. The van der Waals surface area contributed by atoms with Crippen molar-refractivity contribution < 1.29 is 9.59 Å². The van der Waals surface area contributed by atoms with Crippen LogP contribution in [0, 0.1) is 11.8 Å².